The van der Waals surface area contributed by atoms with Gasteiger partial charge in [0.2, 0.25) is 6.41 Å². The maximum absolute atomic E-state index is 9.92. The predicted octanol–water partition coefficient (Wildman–Crippen LogP) is 1.67. The number of carbonyl (C=O) groups is 1. The fourth-order valence-corrected chi connectivity index (χ4v) is 1.90. The van der Waals surface area contributed by atoms with E-state index in [2.05, 4.69) is 28.6 Å². The molecule has 1 aliphatic rings. The first-order valence-electron chi connectivity index (χ1n) is 4.41. The molecule has 1 amide bonds. The second kappa shape index (κ2) is 6.32. The number of hydrogen-bond donors (Lipinski definition) is 1. The summed E-state index contributed by atoms with van der Waals surface area (Å²) < 4.78 is 0. The number of allylic oxidation sites excluding steroid dienone is 2. The standard InChI is InChI=1S/C10H14N2OS/c1-12-7-3-2-5-10(12)14-8-4-6-11-9-13/h3-7,9H,2,8H2,1H3,(H,11,13). The van der Waals surface area contributed by atoms with Gasteiger partial charge >= 0.3 is 0 Å². The number of nitrogens with zero attached hydrogens (tertiary/aromatic N) is 1. The molecular weight excluding hydrogens is 196 g/mol. The van der Waals surface area contributed by atoms with Crippen LogP contribution in [0.2, 0.25) is 0 Å². The number of carbonyl (C=O) groups excluding carboxylic acids is 1. The molecule has 1 heterocycles. The molecule has 0 aromatic rings. The summed E-state index contributed by atoms with van der Waals surface area (Å²) in [6, 6.07) is 0. The zero-order valence-corrected chi connectivity index (χ0v) is 8.96. The largest absolute Gasteiger partial charge is 0.346 e. The smallest absolute Gasteiger partial charge is 0.211 e. The van der Waals surface area contributed by atoms with E-state index in [9.17, 15) is 4.79 Å². The van der Waals surface area contributed by atoms with Crippen molar-refractivity contribution < 1.29 is 4.79 Å². The molecule has 0 saturated heterocycles. The molecule has 3 nitrogen and oxygen atoms in total. The highest BCUT2D eigenvalue weighted by atomic mass is 32.2. The molecule has 1 N–H and O–H groups in total. The van der Waals surface area contributed by atoms with Crippen molar-refractivity contribution in [2.75, 3.05) is 12.8 Å². The molecule has 14 heavy (non-hydrogen) atoms. The summed E-state index contributed by atoms with van der Waals surface area (Å²) in [5, 5.41) is 3.73. The lowest BCUT2D eigenvalue weighted by molar-refractivity contribution is -0.108. The van der Waals surface area contributed by atoms with E-state index in [1.54, 1.807) is 18.0 Å². The quantitative estimate of drug-likeness (QED) is 0.701. The van der Waals surface area contributed by atoms with Gasteiger partial charge in [0.15, 0.2) is 0 Å². The molecule has 1 aliphatic heterocycles. The Morgan fingerprint density at radius 2 is 2.57 bits per heavy atom. The fourth-order valence-electron chi connectivity index (χ4n) is 1.05. The molecule has 4 heteroatoms. The van der Waals surface area contributed by atoms with E-state index in [-0.39, 0.29) is 0 Å². The van der Waals surface area contributed by atoms with E-state index in [0.717, 1.165) is 12.2 Å². The summed E-state index contributed by atoms with van der Waals surface area (Å²) in [7, 11) is 2.03. The molecule has 0 unspecified atom stereocenters. The first-order valence-corrected chi connectivity index (χ1v) is 5.40. The summed E-state index contributed by atoms with van der Waals surface area (Å²) >= 11 is 1.75. The average molecular weight is 210 g/mol. The van der Waals surface area contributed by atoms with Gasteiger partial charge in [-0.15, -0.1) is 11.8 Å². The van der Waals surface area contributed by atoms with Crippen LogP contribution < -0.4 is 5.32 Å². The Morgan fingerprint density at radius 3 is 3.29 bits per heavy atom. The molecular formula is C10H14N2OS. The Morgan fingerprint density at radius 1 is 1.71 bits per heavy atom. The maximum atomic E-state index is 9.92. The van der Waals surface area contributed by atoms with Gasteiger partial charge in [0.05, 0.1) is 5.03 Å². The van der Waals surface area contributed by atoms with Crippen molar-refractivity contribution in [3.8, 4) is 0 Å². The summed E-state index contributed by atoms with van der Waals surface area (Å²) in [5.74, 6) is 0.866. The Labute approximate surface area is 88.5 Å². The molecule has 0 spiro atoms. The monoisotopic (exact) mass is 210 g/mol. The second-order valence-corrected chi connectivity index (χ2v) is 3.81. The van der Waals surface area contributed by atoms with Crippen LogP contribution in [0.3, 0.4) is 0 Å². The van der Waals surface area contributed by atoms with Crippen LogP contribution >= 0.6 is 11.8 Å². The molecule has 0 aromatic carbocycles. The minimum atomic E-state index is 0.663. The van der Waals surface area contributed by atoms with Crippen LogP contribution in [-0.2, 0) is 4.79 Å². The minimum absolute atomic E-state index is 0.663. The Bertz CT molecular complexity index is 271. The number of nitrogens with one attached hydrogen (secondary N) is 1. The van der Waals surface area contributed by atoms with Crippen LogP contribution in [-0.4, -0.2) is 24.1 Å². The maximum Gasteiger partial charge on any atom is 0.211 e. The summed E-state index contributed by atoms with van der Waals surface area (Å²) in [5.41, 5.74) is 0. The first kappa shape index (κ1) is 10.9. The Kier molecular flexibility index (Phi) is 4.93. The molecule has 0 atom stereocenters. The van der Waals surface area contributed by atoms with E-state index >= 15 is 0 Å². The van der Waals surface area contributed by atoms with Crippen molar-refractivity contribution in [3.63, 3.8) is 0 Å². The van der Waals surface area contributed by atoms with Crippen LogP contribution in [0.15, 0.2) is 35.7 Å². The molecule has 0 aromatic heterocycles. The lowest BCUT2D eigenvalue weighted by Gasteiger charge is -2.19. The SMILES string of the molecule is CN1C=CCC=C1SCC=CNC=O. The minimum Gasteiger partial charge on any atom is -0.346 e. The molecule has 0 fully saturated rings. The topological polar surface area (TPSA) is 32.3 Å². The predicted molar refractivity (Wildman–Crippen MR) is 60.4 cm³/mol. The third-order valence-corrected chi connectivity index (χ3v) is 2.82. The third-order valence-electron chi connectivity index (χ3n) is 1.71. The highest BCUT2D eigenvalue weighted by Gasteiger charge is 2.03. The van der Waals surface area contributed by atoms with Crippen molar-refractivity contribution in [2.45, 2.75) is 6.42 Å². The highest BCUT2D eigenvalue weighted by molar-refractivity contribution is 8.03. The normalized spacial score (nSPS) is 15.8. The summed E-state index contributed by atoms with van der Waals surface area (Å²) in [4.78, 5) is 12.0. The van der Waals surface area contributed by atoms with Gasteiger partial charge < -0.3 is 10.2 Å². The van der Waals surface area contributed by atoms with Crippen molar-refractivity contribution >= 4 is 18.2 Å². The van der Waals surface area contributed by atoms with Crippen LogP contribution in [0.25, 0.3) is 0 Å². The van der Waals surface area contributed by atoms with Crippen LogP contribution in [0, 0.1) is 0 Å². The van der Waals surface area contributed by atoms with Gasteiger partial charge in [-0.25, -0.2) is 0 Å². The van der Waals surface area contributed by atoms with Gasteiger partial charge in [0.25, 0.3) is 0 Å². The molecule has 0 aliphatic carbocycles. The van der Waals surface area contributed by atoms with E-state index in [1.165, 1.54) is 5.03 Å². The summed E-state index contributed by atoms with van der Waals surface area (Å²) in [6.07, 6.45) is 11.6. The molecule has 0 radical (unpaired) electrons. The number of thioether (sulfide) groups is 1. The average Bonchev–Trinajstić information content (AvgIpc) is 2.20. The molecule has 1 rings (SSSR count). The van der Waals surface area contributed by atoms with Gasteiger partial charge in [-0.3, -0.25) is 4.79 Å². The van der Waals surface area contributed by atoms with E-state index in [1.807, 2.05) is 13.1 Å². The molecule has 0 saturated carbocycles. The first-order chi connectivity index (χ1) is 6.84. The van der Waals surface area contributed by atoms with Crippen molar-refractivity contribution in [3.05, 3.63) is 35.7 Å². The van der Waals surface area contributed by atoms with Crippen LogP contribution in [0.1, 0.15) is 6.42 Å². The number of rotatable bonds is 5. The van der Waals surface area contributed by atoms with Gasteiger partial charge in [0.1, 0.15) is 0 Å². The van der Waals surface area contributed by atoms with Crippen molar-refractivity contribution in [1.82, 2.24) is 10.2 Å². The van der Waals surface area contributed by atoms with Gasteiger partial charge in [0, 0.05) is 25.2 Å². The second-order valence-electron chi connectivity index (χ2n) is 2.77. The number of hydrogen-bond acceptors (Lipinski definition) is 3. The Balaban J connectivity index is 2.24. The fraction of sp³-hybridized carbons (Fsp3) is 0.300. The third kappa shape index (κ3) is 3.70. The van der Waals surface area contributed by atoms with Gasteiger partial charge in [-0.05, 0) is 6.42 Å². The lowest BCUT2D eigenvalue weighted by atomic mass is 10.3. The lowest BCUT2D eigenvalue weighted by Crippen LogP contribution is -2.10. The van der Waals surface area contributed by atoms with E-state index in [4.69, 9.17) is 0 Å². The molecule has 76 valence electrons. The summed E-state index contributed by atoms with van der Waals surface area (Å²) in [6.45, 7) is 0. The Hall–Kier alpha value is -1.16. The molecule has 0 bridgehead atoms. The van der Waals surface area contributed by atoms with E-state index in [0.29, 0.717) is 6.41 Å². The van der Waals surface area contributed by atoms with Gasteiger partial charge in [-0.2, -0.15) is 0 Å². The zero-order chi connectivity index (χ0) is 10.2. The van der Waals surface area contributed by atoms with Crippen molar-refractivity contribution in [1.29, 1.82) is 0 Å². The van der Waals surface area contributed by atoms with Crippen molar-refractivity contribution in [2.24, 2.45) is 0 Å². The zero-order valence-electron chi connectivity index (χ0n) is 8.14. The number of amides is 1. The van der Waals surface area contributed by atoms with Gasteiger partial charge in [-0.1, -0.05) is 18.2 Å². The highest BCUT2D eigenvalue weighted by Crippen LogP contribution is 2.22. The van der Waals surface area contributed by atoms with Crippen LogP contribution in [0.4, 0.5) is 0 Å². The van der Waals surface area contributed by atoms with E-state index < -0.39 is 0 Å². The van der Waals surface area contributed by atoms with Crippen LogP contribution in [0.5, 0.6) is 0 Å².